The van der Waals surface area contributed by atoms with Crippen LogP contribution in [0, 0.1) is 5.92 Å². The first-order valence-corrected chi connectivity index (χ1v) is 6.61. The largest absolute Gasteiger partial charge is 0.390 e. The number of hydrogen-bond donors (Lipinski definition) is 1. The summed E-state index contributed by atoms with van der Waals surface area (Å²) in [6, 6.07) is 10.5. The first-order valence-electron chi connectivity index (χ1n) is 6.61. The molecule has 0 unspecified atom stereocenters. The second-order valence-electron chi connectivity index (χ2n) is 5.64. The van der Waals surface area contributed by atoms with Crippen molar-refractivity contribution in [2.45, 2.75) is 38.7 Å². The number of para-hydroxylation sites is 1. The van der Waals surface area contributed by atoms with Gasteiger partial charge in [0.1, 0.15) is 0 Å². The van der Waals surface area contributed by atoms with E-state index >= 15 is 0 Å². The molecule has 0 bridgehead atoms. The lowest BCUT2D eigenvalue weighted by Crippen LogP contribution is -2.45. The quantitative estimate of drug-likeness (QED) is 0.867. The Balaban J connectivity index is 1.94. The Morgan fingerprint density at radius 1 is 1.18 bits per heavy atom. The van der Waals surface area contributed by atoms with Crippen molar-refractivity contribution in [3.05, 3.63) is 30.3 Å². The third-order valence-corrected chi connectivity index (χ3v) is 3.60. The molecule has 1 aromatic rings. The average molecular weight is 233 g/mol. The molecule has 2 rings (SSSR count). The van der Waals surface area contributed by atoms with Gasteiger partial charge < -0.3 is 10.0 Å². The number of aliphatic hydroxyl groups is 1. The van der Waals surface area contributed by atoms with Crippen molar-refractivity contribution >= 4 is 5.69 Å². The molecule has 0 amide bonds. The van der Waals surface area contributed by atoms with Crippen molar-refractivity contribution in [2.24, 2.45) is 5.92 Å². The summed E-state index contributed by atoms with van der Waals surface area (Å²) in [6.07, 6.45) is 2.70. The molecular formula is C15H23NO. The van der Waals surface area contributed by atoms with E-state index < -0.39 is 5.60 Å². The van der Waals surface area contributed by atoms with E-state index in [4.69, 9.17) is 0 Å². The normalized spacial score (nSPS) is 19.6. The highest BCUT2D eigenvalue weighted by Crippen LogP contribution is 2.30. The molecule has 0 atom stereocenters. The molecular weight excluding hydrogens is 210 g/mol. The van der Waals surface area contributed by atoms with Gasteiger partial charge in [-0.25, -0.2) is 0 Å². The van der Waals surface area contributed by atoms with Crippen molar-refractivity contribution in [1.29, 1.82) is 0 Å². The van der Waals surface area contributed by atoms with Gasteiger partial charge in [-0.15, -0.1) is 0 Å². The third kappa shape index (κ3) is 3.22. The summed E-state index contributed by atoms with van der Waals surface area (Å²) in [5.41, 5.74) is 0.846. The van der Waals surface area contributed by atoms with Crippen molar-refractivity contribution < 1.29 is 5.11 Å². The number of rotatable bonds is 3. The summed E-state index contributed by atoms with van der Waals surface area (Å²) in [5.74, 6) is 0.572. The molecule has 2 heteroatoms. The Morgan fingerprint density at radius 3 is 2.29 bits per heavy atom. The number of hydrogen-bond acceptors (Lipinski definition) is 2. The standard InChI is InChI=1S/C15H23NO/c1-13(2)12-15(17)8-10-16(11-9-15)14-6-4-3-5-7-14/h3-7,13,17H,8-12H2,1-2H3. The summed E-state index contributed by atoms with van der Waals surface area (Å²) in [6.45, 7) is 6.30. The van der Waals surface area contributed by atoms with Crippen LogP contribution < -0.4 is 4.90 Å². The van der Waals surface area contributed by atoms with Crippen LogP contribution in [0.1, 0.15) is 33.1 Å². The highest BCUT2D eigenvalue weighted by molar-refractivity contribution is 5.46. The molecule has 1 fully saturated rings. The molecule has 1 aromatic carbocycles. The molecule has 1 saturated heterocycles. The maximum absolute atomic E-state index is 10.5. The molecule has 0 radical (unpaired) electrons. The van der Waals surface area contributed by atoms with Crippen molar-refractivity contribution in [2.75, 3.05) is 18.0 Å². The molecule has 1 heterocycles. The Hall–Kier alpha value is -1.02. The lowest BCUT2D eigenvalue weighted by atomic mass is 9.84. The fraction of sp³-hybridized carbons (Fsp3) is 0.600. The summed E-state index contributed by atoms with van der Waals surface area (Å²) in [7, 11) is 0. The van der Waals surface area contributed by atoms with Gasteiger partial charge in [0.05, 0.1) is 5.60 Å². The van der Waals surface area contributed by atoms with E-state index in [1.165, 1.54) is 5.69 Å². The van der Waals surface area contributed by atoms with Gasteiger partial charge in [0.2, 0.25) is 0 Å². The van der Waals surface area contributed by atoms with Crippen LogP contribution in [0.4, 0.5) is 5.69 Å². The molecule has 0 aliphatic carbocycles. The van der Waals surface area contributed by atoms with E-state index in [1.807, 2.05) is 6.07 Å². The van der Waals surface area contributed by atoms with Gasteiger partial charge in [0, 0.05) is 18.8 Å². The minimum Gasteiger partial charge on any atom is -0.390 e. The number of nitrogens with zero attached hydrogens (tertiary/aromatic N) is 1. The van der Waals surface area contributed by atoms with E-state index in [-0.39, 0.29) is 0 Å². The fourth-order valence-corrected chi connectivity index (χ4v) is 2.78. The average Bonchev–Trinajstić information content (AvgIpc) is 2.29. The minimum absolute atomic E-state index is 0.431. The molecule has 1 aliphatic heterocycles. The van der Waals surface area contributed by atoms with Gasteiger partial charge in [0.15, 0.2) is 0 Å². The number of piperidine rings is 1. The second-order valence-corrected chi connectivity index (χ2v) is 5.64. The van der Waals surface area contributed by atoms with Gasteiger partial charge in [-0.1, -0.05) is 32.0 Å². The molecule has 0 spiro atoms. The number of benzene rings is 1. The van der Waals surface area contributed by atoms with Gasteiger partial charge in [0.25, 0.3) is 0 Å². The monoisotopic (exact) mass is 233 g/mol. The first kappa shape index (κ1) is 12.4. The molecule has 1 N–H and O–H groups in total. The van der Waals surface area contributed by atoms with E-state index in [1.54, 1.807) is 0 Å². The van der Waals surface area contributed by atoms with E-state index in [9.17, 15) is 5.11 Å². The summed E-state index contributed by atoms with van der Waals surface area (Å²) >= 11 is 0. The zero-order valence-corrected chi connectivity index (χ0v) is 10.9. The van der Waals surface area contributed by atoms with Gasteiger partial charge in [-0.05, 0) is 37.3 Å². The molecule has 17 heavy (non-hydrogen) atoms. The van der Waals surface area contributed by atoms with E-state index in [2.05, 4.69) is 43.0 Å². The maximum Gasteiger partial charge on any atom is 0.0683 e. The van der Waals surface area contributed by atoms with Crippen LogP contribution in [-0.4, -0.2) is 23.8 Å². The molecule has 0 aromatic heterocycles. The second kappa shape index (κ2) is 5.09. The zero-order chi connectivity index (χ0) is 12.3. The Kier molecular flexibility index (Phi) is 3.72. The Labute approximate surface area is 104 Å². The molecule has 0 saturated carbocycles. The van der Waals surface area contributed by atoms with Crippen molar-refractivity contribution in [3.8, 4) is 0 Å². The third-order valence-electron chi connectivity index (χ3n) is 3.60. The predicted octanol–water partition coefficient (Wildman–Crippen LogP) is 3.06. The lowest BCUT2D eigenvalue weighted by molar-refractivity contribution is -0.00267. The fourth-order valence-electron chi connectivity index (χ4n) is 2.78. The molecule has 94 valence electrons. The van der Waals surface area contributed by atoms with Crippen LogP contribution in [0.25, 0.3) is 0 Å². The summed E-state index contributed by atoms with van der Waals surface area (Å²) in [5, 5.41) is 10.5. The SMILES string of the molecule is CC(C)CC1(O)CCN(c2ccccc2)CC1. The van der Waals surface area contributed by atoms with Gasteiger partial charge in [-0.2, -0.15) is 0 Å². The Bertz CT molecular complexity index is 339. The zero-order valence-electron chi connectivity index (χ0n) is 10.9. The van der Waals surface area contributed by atoms with Crippen LogP contribution in [0.2, 0.25) is 0 Å². The van der Waals surface area contributed by atoms with E-state index in [0.29, 0.717) is 5.92 Å². The number of anilines is 1. The molecule has 2 nitrogen and oxygen atoms in total. The van der Waals surface area contributed by atoms with Crippen LogP contribution in [0.15, 0.2) is 30.3 Å². The van der Waals surface area contributed by atoms with Gasteiger partial charge >= 0.3 is 0 Å². The topological polar surface area (TPSA) is 23.5 Å². The highest BCUT2D eigenvalue weighted by Gasteiger charge is 2.32. The van der Waals surface area contributed by atoms with Crippen LogP contribution in [0.5, 0.6) is 0 Å². The highest BCUT2D eigenvalue weighted by atomic mass is 16.3. The predicted molar refractivity (Wildman–Crippen MR) is 72.3 cm³/mol. The van der Waals surface area contributed by atoms with Crippen LogP contribution in [0.3, 0.4) is 0 Å². The van der Waals surface area contributed by atoms with Crippen molar-refractivity contribution in [1.82, 2.24) is 0 Å². The smallest absolute Gasteiger partial charge is 0.0683 e. The summed E-state index contributed by atoms with van der Waals surface area (Å²) < 4.78 is 0. The molecule has 1 aliphatic rings. The lowest BCUT2D eigenvalue weighted by Gasteiger charge is -2.40. The maximum atomic E-state index is 10.5. The van der Waals surface area contributed by atoms with E-state index in [0.717, 1.165) is 32.4 Å². The first-order chi connectivity index (χ1) is 8.09. The van der Waals surface area contributed by atoms with Crippen molar-refractivity contribution in [3.63, 3.8) is 0 Å². The van der Waals surface area contributed by atoms with Crippen LogP contribution >= 0.6 is 0 Å². The summed E-state index contributed by atoms with van der Waals surface area (Å²) in [4.78, 5) is 2.37. The minimum atomic E-state index is -0.431. The van der Waals surface area contributed by atoms with Crippen LogP contribution in [-0.2, 0) is 0 Å². The van der Waals surface area contributed by atoms with Gasteiger partial charge in [-0.3, -0.25) is 0 Å². The Morgan fingerprint density at radius 2 is 1.76 bits per heavy atom.